The van der Waals surface area contributed by atoms with Crippen molar-refractivity contribution in [2.75, 3.05) is 13.2 Å². The molecule has 0 amide bonds. The Balaban J connectivity index is 1.67. The topological polar surface area (TPSA) is 57.0 Å². The summed E-state index contributed by atoms with van der Waals surface area (Å²) in [5.74, 6) is 0.0414. The van der Waals surface area contributed by atoms with E-state index in [2.05, 4.69) is 10.1 Å². The number of Topliss-reactive ketones (excluding diaryl/α,β-unsaturated/α-hetero) is 1. The summed E-state index contributed by atoms with van der Waals surface area (Å²) in [6.07, 6.45) is -0.177. The summed E-state index contributed by atoms with van der Waals surface area (Å²) in [6, 6.07) is 9.45. The Morgan fingerprint density at radius 3 is 2.86 bits per heavy atom. The highest BCUT2D eigenvalue weighted by Crippen LogP contribution is 2.39. The molecule has 1 aromatic carbocycles. The van der Waals surface area contributed by atoms with Gasteiger partial charge in [0.25, 0.3) is 0 Å². The summed E-state index contributed by atoms with van der Waals surface area (Å²) in [4.78, 5) is 16.5. The van der Waals surface area contributed by atoms with Crippen molar-refractivity contribution in [3.63, 3.8) is 0 Å². The molecule has 3 heterocycles. The second-order valence-electron chi connectivity index (χ2n) is 5.79. The number of ether oxygens (including phenoxy) is 1. The van der Waals surface area contributed by atoms with Gasteiger partial charge in [-0.25, -0.2) is 14.1 Å². The minimum Gasteiger partial charge on any atom is -0.381 e. The van der Waals surface area contributed by atoms with Crippen molar-refractivity contribution in [2.45, 2.75) is 25.1 Å². The molecule has 5 nitrogen and oxygen atoms in total. The van der Waals surface area contributed by atoms with E-state index in [9.17, 15) is 9.18 Å². The standard InChI is InChI=1S/C16H16FN3O2/c17-12-8-13(10-4-2-1-3-5-10)20-16(12)18-15(19-20)14(21)11-6-7-22-9-11/h1-5,11-13H,6-9H2/t11?,12-,13-/m0/s1. The lowest BCUT2D eigenvalue weighted by Crippen LogP contribution is -2.17. The van der Waals surface area contributed by atoms with E-state index in [1.165, 1.54) is 0 Å². The molecule has 22 heavy (non-hydrogen) atoms. The van der Waals surface area contributed by atoms with Crippen LogP contribution in [0.3, 0.4) is 0 Å². The predicted molar refractivity (Wildman–Crippen MR) is 76.3 cm³/mol. The second kappa shape index (κ2) is 5.28. The van der Waals surface area contributed by atoms with E-state index in [1.54, 1.807) is 4.68 Å². The molecule has 6 heteroatoms. The molecule has 2 aliphatic rings. The van der Waals surface area contributed by atoms with Crippen LogP contribution in [0.25, 0.3) is 0 Å². The summed E-state index contributed by atoms with van der Waals surface area (Å²) in [5, 5.41) is 4.30. The molecule has 114 valence electrons. The van der Waals surface area contributed by atoms with Crippen LogP contribution < -0.4 is 0 Å². The number of carbonyl (C=O) groups is 1. The Kier molecular flexibility index (Phi) is 3.26. The Bertz CT molecular complexity index is 695. The number of alkyl halides is 1. The van der Waals surface area contributed by atoms with E-state index >= 15 is 0 Å². The highest BCUT2D eigenvalue weighted by molar-refractivity contribution is 5.94. The summed E-state index contributed by atoms with van der Waals surface area (Å²) in [7, 11) is 0. The van der Waals surface area contributed by atoms with Crippen LogP contribution in [0.5, 0.6) is 0 Å². The molecule has 1 saturated heterocycles. The second-order valence-corrected chi connectivity index (χ2v) is 5.79. The number of benzene rings is 1. The lowest BCUT2D eigenvalue weighted by molar-refractivity contribution is 0.0889. The molecule has 4 rings (SSSR count). The van der Waals surface area contributed by atoms with E-state index in [4.69, 9.17) is 4.74 Å². The zero-order valence-corrected chi connectivity index (χ0v) is 12.0. The molecule has 0 spiro atoms. The average Bonchev–Trinajstić information content (AvgIpc) is 3.25. The lowest BCUT2D eigenvalue weighted by atomic mass is 10.0. The van der Waals surface area contributed by atoms with Crippen LogP contribution in [0.4, 0.5) is 4.39 Å². The van der Waals surface area contributed by atoms with E-state index in [0.29, 0.717) is 26.1 Å². The maximum atomic E-state index is 14.2. The van der Waals surface area contributed by atoms with Crippen LogP contribution in [0.2, 0.25) is 0 Å². The van der Waals surface area contributed by atoms with Crippen molar-refractivity contribution in [1.82, 2.24) is 14.8 Å². The molecule has 1 fully saturated rings. The number of hydrogen-bond acceptors (Lipinski definition) is 4. The first kappa shape index (κ1) is 13.6. The minimum atomic E-state index is -1.18. The van der Waals surface area contributed by atoms with Gasteiger partial charge in [0, 0.05) is 13.0 Å². The third-order valence-corrected chi connectivity index (χ3v) is 4.37. The smallest absolute Gasteiger partial charge is 0.218 e. The van der Waals surface area contributed by atoms with Crippen molar-refractivity contribution in [3.05, 3.63) is 47.5 Å². The van der Waals surface area contributed by atoms with Crippen molar-refractivity contribution >= 4 is 5.78 Å². The maximum Gasteiger partial charge on any atom is 0.218 e. The third-order valence-electron chi connectivity index (χ3n) is 4.37. The van der Waals surface area contributed by atoms with Gasteiger partial charge in [-0.05, 0) is 12.0 Å². The van der Waals surface area contributed by atoms with E-state index < -0.39 is 6.17 Å². The van der Waals surface area contributed by atoms with Crippen molar-refractivity contribution in [2.24, 2.45) is 5.92 Å². The molecule has 2 aliphatic heterocycles. The zero-order chi connectivity index (χ0) is 15.1. The molecule has 0 radical (unpaired) electrons. The zero-order valence-electron chi connectivity index (χ0n) is 12.0. The fourth-order valence-electron chi connectivity index (χ4n) is 3.16. The van der Waals surface area contributed by atoms with Gasteiger partial charge in [0.2, 0.25) is 11.6 Å². The highest BCUT2D eigenvalue weighted by atomic mass is 19.1. The number of hydrogen-bond donors (Lipinski definition) is 0. The number of nitrogens with zero attached hydrogens (tertiary/aromatic N) is 3. The van der Waals surface area contributed by atoms with Gasteiger partial charge in [-0.3, -0.25) is 4.79 Å². The lowest BCUT2D eigenvalue weighted by Gasteiger charge is -2.11. The molecule has 0 aliphatic carbocycles. The molecule has 0 saturated carbocycles. The van der Waals surface area contributed by atoms with Crippen LogP contribution in [0.1, 0.15) is 47.1 Å². The largest absolute Gasteiger partial charge is 0.381 e. The SMILES string of the molecule is O=C(c1nc2n(n1)[C@H](c1ccccc1)C[C@@H]2F)C1CCOC1. The van der Waals surface area contributed by atoms with Crippen LogP contribution in [-0.2, 0) is 4.74 Å². The highest BCUT2D eigenvalue weighted by Gasteiger charge is 2.37. The molecular weight excluding hydrogens is 285 g/mol. The molecule has 2 aromatic rings. The summed E-state index contributed by atoms with van der Waals surface area (Å²) in [6.45, 7) is 0.992. The van der Waals surface area contributed by atoms with Gasteiger partial charge in [0.1, 0.15) is 0 Å². The third kappa shape index (κ3) is 2.14. The van der Waals surface area contributed by atoms with Gasteiger partial charge in [-0.1, -0.05) is 30.3 Å². The fourth-order valence-corrected chi connectivity index (χ4v) is 3.16. The Labute approximate surface area is 127 Å². The van der Waals surface area contributed by atoms with Gasteiger partial charge >= 0.3 is 0 Å². The summed E-state index contributed by atoms with van der Waals surface area (Å²) >= 11 is 0. The number of aromatic nitrogens is 3. The predicted octanol–water partition coefficient (Wildman–Crippen LogP) is 2.50. The monoisotopic (exact) mass is 301 g/mol. The first-order valence-electron chi connectivity index (χ1n) is 7.51. The fraction of sp³-hybridized carbons (Fsp3) is 0.438. The molecular formula is C16H16FN3O2. The van der Waals surface area contributed by atoms with E-state index in [-0.39, 0.29) is 29.4 Å². The van der Waals surface area contributed by atoms with Crippen LogP contribution in [-0.4, -0.2) is 33.8 Å². The number of rotatable bonds is 3. The Morgan fingerprint density at radius 1 is 1.32 bits per heavy atom. The molecule has 0 bridgehead atoms. The number of halogens is 1. The minimum absolute atomic E-state index is 0.119. The number of fused-ring (bicyclic) bond motifs is 1. The first-order chi connectivity index (χ1) is 10.7. The summed E-state index contributed by atoms with van der Waals surface area (Å²) < 4.78 is 21.1. The maximum absolute atomic E-state index is 14.2. The van der Waals surface area contributed by atoms with Gasteiger partial charge in [0.15, 0.2) is 12.0 Å². The van der Waals surface area contributed by atoms with E-state index in [0.717, 1.165) is 5.56 Å². The number of ketones is 1. The van der Waals surface area contributed by atoms with Crippen molar-refractivity contribution in [3.8, 4) is 0 Å². The van der Waals surface area contributed by atoms with Crippen molar-refractivity contribution in [1.29, 1.82) is 0 Å². The van der Waals surface area contributed by atoms with E-state index in [1.807, 2.05) is 30.3 Å². The van der Waals surface area contributed by atoms with Gasteiger partial charge in [0.05, 0.1) is 18.6 Å². The van der Waals surface area contributed by atoms with Crippen molar-refractivity contribution < 1.29 is 13.9 Å². The quantitative estimate of drug-likeness (QED) is 0.817. The molecule has 0 N–H and O–H groups in total. The average molecular weight is 301 g/mol. The van der Waals surface area contributed by atoms with Gasteiger partial charge in [-0.15, -0.1) is 5.10 Å². The molecule has 3 atom stereocenters. The molecule has 1 unspecified atom stereocenters. The normalized spacial score (nSPS) is 27.0. The summed E-state index contributed by atoms with van der Waals surface area (Å²) in [5.41, 5.74) is 0.983. The van der Waals surface area contributed by atoms with Crippen LogP contribution >= 0.6 is 0 Å². The first-order valence-corrected chi connectivity index (χ1v) is 7.51. The van der Waals surface area contributed by atoms with Gasteiger partial charge < -0.3 is 4.74 Å². The van der Waals surface area contributed by atoms with Gasteiger partial charge in [-0.2, -0.15) is 0 Å². The van der Waals surface area contributed by atoms with Crippen LogP contribution in [0.15, 0.2) is 30.3 Å². The number of carbonyl (C=O) groups excluding carboxylic acids is 1. The Hall–Kier alpha value is -2.08. The van der Waals surface area contributed by atoms with Crippen LogP contribution in [0, 0.1) is 5.92 Å². The Morgan fingerprint density at radius 2 is 2.14 bits per heavy atom. The molecule has 1 aromatic heterocycles.